The molecule has 6 atom stereocenters. The molecular weight excluding hydrogens is 388 g/mol. The second-order valence-corrected chi connectivity index (χ2v) is 11.2. The van der Waals surface area contributed by atoms with Crippen LogP contribution in [0.4, 0.5) is 0 Å². The van der Waals surface area contributed by atoms with E-state index in [9.17, 15) is 4.79 Å². The number of unbranched alkanes of at least 4 members (excludes halogenated alkanes) is 2. The van der Waals surface area contributed by atoms with Crippen molar-refractivity contribution in [2.45, 2.75) is 96.7 Å². The Morgan fingerprint density at radius 3 is 2.48 bits per heavy atom. The minimum atomic E-state index is 0.0311. The first-order chi connectivity index (χ1) is 15.0. The number of esters is 1. The second-order valence-electron chi connectivity index (χ2n) is 11.2. The molecule has 4 fully saturated rings. The monoisotopic (exact) mass is 434 g/mol. The van der Waals surface area contributed by atoms with Gasteiger partial charge < -0.3 is 19.7 Å². The van der Waals surface area contributed by atoms with Crippen molar-refractivity contribution in [3.63, 3.8) is 0 Å². The van der Waals surface area contributed by atoms with E-state index >= 15 is 0 Å². The van der Waals surface area contributed by atoms with Crippen LogP contribution in [0.25, 0.3) is 0 Å². The lowest BCUT2D eigenvalue weighted by atomic mass is 9.53. The van der Waals surface area contributed by atoms with E-state index in [4.69, 9.17) is 9.47 Å². The molecule has 4 aliphatic rings. The number of nitrogens with zero attached hydrogens (tertiary/aromatic N) is 1. The normalized spacial score (nSPS) is 38.9. The van der Waals surface area contributed by atoms with E-state index in [-0.39, 0.29) is 23.6 Å². The average molecular weight is 435 g/mol. The van der Waals surface area contributed by atoms with Crippen LogP contribution in [0.1, 0.15) is 85.0 Å². The zero-order valence-electron chi connectivity index (χ0n) is 20.3. The molecule has 0 amide bonds. The number of epoxide rings is 1. The fourth-order valence-corrected chi connectivity index (χ4v) is 6.97. The lowest BCUT2D eigenvalue weighted by Gasteiger charge is -2.51. The van der Waals surface area contributed by atoms with E-state index < -0.39 is 0 Å². The predicted octanol–water partition coefficient (Wildman–Crippen LogP) is 4.40. The van der Waals surface area contributed by atoms with E-state index in [1.807, 2.05) is 0 Å². The molecule has 5 nitrogen and oxygen atoms in total. The SMILES string of the molecule is CCCCN(CCCC)CCCNC[C@H]1C(=O)O[C@H]2C[C@]3(C)CCC[C@@]4(CO4)[C@@H]3C[C@@H]21. The lowest BCUT2D eigenvalue weighted by molar-refractivity contribution is -0.147. The van der Waals surface area contributed by atoms with E-state index in [0.717, 1.165) is 45.5 Å². The molecule has 2 aliphatic heterocycles. The molecule has 0 unspecified atom stereocenters. The number of hydrogen-bond donors (Lipinski definition) is 1. The molecular formula is C26H46N2O3. The van der Waals surface area contributed by atoms with Crippen LogP contribution in [0, 0.1) is 23.2 Å². The Balaban J connectivity index is 1.24. The Bertz CT molecular complexity index is 599. The van der Waals surface area contributed by atoms with Crippen LogP contribution in [-0.4, -0.2) is 61.9 Å². The summed E-state index contributed by atoms with van der Waals surface area (Å²) in [5, 5.41) is 3.62. The smallest absolute Gasteiger partial charge is 0.310 e. The summed E-state index contributed by atoms with van der Waals surface area (Å²) >= 11 is 0. The molecule has 0 aromatic heterocycles. The molecule has 2 saturated carbocycles. The molecule has 2 heterocycles. The van der Waals surface area contributed by atoms with E-state index in [0.29, 0.717) is 17.3 Å². The fraction of sp³-hybridized carbons (Fsp3) is 0.962. The van der Waals surface area contributed by atoms with E-state index in [1.54, 1.807) is 0 Å². The van der Waals surface area contributed by atoms with Crippen molar-refractivity contribution < 1.29 is 14.3 Å². The highest BCUT2D eigenvalue weighted by Gasteiger charge is 2.64. The van der Waals surface area contributed by atoms with Crippen LogP contribution >= 0.6 is 0 Å². The van der Waals surface area contributed by atoms with Crippen molar-refractivity contribution >= 4 is 5.97 Å². The third kappa shape index (κ3) is 5.14. The number of ether oxygens (including phenoxy) is 2. The summed E-state index contributed by atoms with van der Waals surface area (Å²) in [6.45, 7) is 13.3. The minimum absolute atomic E-state index is 0.0311. The Hall–Kier alpha value is -0.650. The first kappa shape index (κ1) is 23.5. The van der Waals surface area contributed by atoms with Crippen molar-refractivity contribution in [2.24, 2.45) is 23.2 Å². The molecule has 0 bridgehead atoms. The van der Waals surface area contributed by atoms with Crippen molar-refractivity contribution in [3.05, 3.63) is 0 Å². The third-order valence-corrected chi connectivity index (χ3v) is 8.93. The second kappa shape index (κ2) is 10.1. The molecule has 1 spiro atoms. The standard InChI is InChI=1S/C26H46N2O3/c1-4-6-13-28(14-7-5-2)15-9-12-27-18-21-20-16-23-25(3,17-22(20)31-24(21)29)10-8-11-26(23)19-30-26/h20-23,27H,4-19H2,1-3H3/t20-,21-,22+,23-,25+,26-/m1/s1. The summed E-state index contributed by atoms with van der Waals surface area (Å²) in [5.41, 5.74) is 0.432. The molecule has 0 aromatic carbocycles. The zero-order valence-corrected chi connectivity index (χ0v) is 20.3. The van der Waals surface area contributed by atoms with Gasteiger partial charge in [-0.1, -0.05) is 33.6 Å². The number of hydrogen-bond acceptors (Lipinski definition) is 5. The van der Waals surface area contributed by atoms with Crippen LogP contribution in [0.5, 0.6) is 0 Å². The zero-order chi connectivity index (χ0) is 21.9. The largest absolute Gasteiger partial charge is 0.462 e. The highest BCUT2D eigenvalue weighted by atomic mass is 16.6. The van der Waals surface area contributed by atoms with Crippen molar-refractivity contribution in [2.75, 3.05) is 39.3 Å². The molecule has 0 radical (unpaired) electrons. The van der Waals surface area contributed by atoms with Crippen LogP contribution in [0.3, 0.4) is 0 Å². The number of fused-ring (bicyclic) bond motifs is 3. The van der Waals surface area contributed by atoms with Gasteiger partial charge in [-0.25, -0.2) is 0 Å². The summed E-state index contributed by atoms with van der Waals surface area (Å²) < 4.78 is 12.0. The molecule has 2 aliphatic carbocycles. The van der Waals surface area contributed by atoms with E-state index in [2.05, 4.69) is 31.0 Å². The molecule has 5 heteroatoms. The third-order valence-electron chi connectivity index (χ3n) is 8.93. The van der Waals surface area contributed by atoms with Gasteiger partial charge in [0.05, 0.1) is 18.1 Å². The Morgan fingerprint density at radius 2 is 1.81 bits per heavy atom. The first-order valence-corrected chi connectivity index (χ1v) is 13.3. The van der Waals surface area contributed by atoms with Crippen LogP contribution in [0.15, 0.2) is 0 Å². The van der Waals surface area contributed by atoms with Gasteiger partial charge in [-0.15, -0.1) is 0 Å². The molecule has 2 saturated heterocycles. The summed E-state index contributed by atoms with van der Waals surface area (Å²) in [4.78, 5) is 15.4. The van der Waals surface area contributed by atoms with Gasteiger partial charge in [-0.3, -0.25) is 4.79 Å². The van der Waals surface area contributed by atoms with Crippen molar-refractivity contribution in [1.82, 2.24) is 10.2 Å². The Labute approximate surface area is 190 Å². The van der Waals surface area contributed by atoms with Gasteiger partial charge in [-0.05, 0) is 88.9 Å². The van der Waals surface area contributed by atoms with Gasteiger partial charge in [0.2, 0.25) is 0 Å². The molecule has 4 rings (SSSR count). The van der Waals surface area contributed by atoms with E-state index in [1.165, 1.54) is 58.0 Å². The molecule has 31 heavy (non-hydrogen) atoms. The highest BCUT2D eigenvalue weighted by Crippen LogP contribution is 2.62. The van der Waals surface area contributed by atoms with Crippen LogP contribution < -0.4 is 5.32 Å². The highest BCUT2D eigenvalue weighted by molar-refractivity contribution is 5.75. The molecule has 1 N–H and O–H groups in total. The van der Waals surface area contributed by atoms with Gasteiger partial charge >= 0.3 is 5.97 Å². The predicted molar refractivity (Wildman–Crippen MR) is 124 cm³/mol. The summed E-state index contributed by atoms with van der Waals surface area (Å²) in [6.07, 6.45) is 12.3. The Kier molecular flexibility index (Phi) is 7.65. The topological polar surface area (TPSA) is 54.1 Å². The van der Waals surface area contributed by atoms with Gasteiger partial charge in [0.15, 0.2) is 0 Å². The number of carbonyl (C=O) groups is 1. The number of rotatable bonds is 12. The summed E-state index contributed by atoms with van der Waals surface area (Å²) in [7, 11) is 0. The number of carbonyl (C=O) groups excluding carboxylic acids is 1. The number of nitrogens with one attached hydrogen (secondary N) is 1. The average Bonchev–Trinajstić information content (AvgIpc) is 3.45. The van der Waals surface area contributed by atoms with Gasteiger partial charge in [0, 0.05) is 12.5 Å². The molecule has 0 aromatic rings. The van der Waals surface area contributed by atoms with Crippen molar-refractivity contribution in [3.8, 4) is 0 Å². The fourth-order valence-electron chi connectivity index (χ4n) is 6.97. The minimum Gasteiger partial charge on any atom is -0.462 e. The summed E-state index contributed by atoms with van der Waals surface area (Å²) in [6, 6.07) is 0. The molecule has 178 valence electrons. The maximum absolute atomic E-state index is 12.7. The maximum atomic E-state index is 12.7. The Morgan fingerprint density at radius 1 is 1.10 bits per heavy atom. The van der Waals surface area contributed by atoms with Crippen LogP contribution in [-0.2, 0) is 14.3 Å². The van der Waals surface area contributed by atoms with Crippen LogP contribution in [0.2, 0.25) is 0 Å². The van der Waals surface area contributed by atoms with Gasteiger partial charge in [-0.2, -0.15) is 0 Å². The quantitative estimate of drug-likeness (QED) is 0.280. The van der Waals surface area contributed by atoms with Gasteiger partial charge in [0.1, 0.15) is 6.10 Å². The van der Waals surface area contributed by atoms with Crippen molar-refractivity contribution in [1.29, 1.82) is 0 Å². The van der Waals surface area contributed by atoms with Gasteiger partial charge in [0.25, 0.3) is 0 Å². The maximum Gasteiger partial charge on any atom is 0.310 e. The first-order valence-electron chi connectivity index (χ1n) is 13.3. The summed E-state index contributed by atoms with van der Waals surface area (Å²) in [5.74, 6) is 1.06. The lowest BCUT2D eigenvalue weighted by Crippen LogP contribution is -2.51.